The average molecular weight is 418 g/mol. The second-order valence-electron chi connectivity index (χ2n) is 6.81. The Morgan fingerprint density at radius 2 is 2.00 bits per heavy atom. The fourth-order valence-corrected chi connectivity index (χ4v) is 3.58. The van der Waals surface area contributed by atoms with E-state index in [0.29, 0.717) is 36.1 Å². The van der Waals surface area contributed by atoms with E-state index in [2.05, 4.69) is 15.0 Å². The first-order chi connectivity index (χ1) is 14.0. The van der Waals surface area contributed by atoms with E-state index in [-0.39, 0.29) is 12.8 Å². The van der Waals surface area contributed by atoms with E-state index < -0.39 is 10.1 Å². The third-order valence-electron chi connectivity index (χ3n) is 4.58. The summed E-state index contributed by atoms with van der Waals surface area (Å²) in [7, 11) is -3.63. The van der Waals surface area contributed by atoms with Crippen molar-refractivity contribution in [3.05, 3.63) is 48.0 Å². The number of rotatable bonds is 7. The monoisotopic (exact) mass is 418 g/mol. The summed E-state index contributed by atoms with van der Waals surface area (Å²) in [5, 5.41) is 0. The second-order valence-corrected chi connectivity index (χ2v) is 8.45. The molecule has 3 heterocycles. The van der Waals surface area contributed by atoms with Gasteiger partial charge in [-0.3, -0.25) is 8.75 Å². The summed E-state index contributed by atoms with van der Waals surface area (Å²) < 4.78 is 41.5. The summed E-state index contributed by atoms with van der Waals surface area (Å²) in [4.78, 5) is 13.1. The molecule has 10 heteroatoms. The molecule has 3 aromatic rings. The van der Waals surface area contributed by atoms with Crippen molar-refractivity contribution in [2.75, 3.05) is 12.9 Å². The van der Waals surface area contributed by atoms with Gasteiger partial charge in [-0.15, -0.1) is 0 Å². The standard InChI is InChI=1S/C19H22N4O5S/c1-29(24,25)28-12-15-22-17-18(23(15)16-9-5-6-10-26-16)20-13-21-19(17)27-11-14-7-3-2-4-8-14/h2-4,7-8,13,16H,5-6,9-12H2,1H3. The van der Waals surface area contributed by atoms with Gasteiger partial charge in [-0.05, 0) is 24.8 Å². The molecule has 1 aliphatic rings. The van der Waals surface area contributed by atoms with Crippen molar-refractivity contribution >= 4 is 21.3 Å². The van der Waals surface area contributed by atoms with Gasteiger partial charge in [0.15, 0.2) is 11.2 Å². The highest BCUT2D eigenvalue weighted by Crippen LogP contribution is 2.31. The molecule has 0 saturated carbocycles. The van der Waals surface area contributed by atoms with Crippen LogP contribution < -0.4 is 4.74 Å². The molecule has 0 spiro atoms. The van der Waals surface area contributed by atoms with E-state index in [0.717, 1.165) is 31.1 Å². The Kier molecular flexibility index (Phi) is 5.74. The first-order valence-electron chi connectivity index (χ1n) is 9.36. The third-order valence-corrected chi connectivity index (χ3v) is 5.13. The van der Waals surface area contributed by atoms with Crippen molar-refractivity contribution in [2.45, 2.75) is 38.7 Å². The number of nitrogens with zero attached hydrogens (tertiary/aromatic N) is 4. The molecule has 1 fully saturated rings. The van der Waals surface area contributed by atoms with Gasteiger partial charge in [-0.25, -0.2) is 9.97 Å². The SMILES string of the molecule is CS(=O)(=O)OCc1nc2c(OCc3ccccc3)ncnc2n1C1CCCCO1. The minimum Gasteiger partial charge on any atom is -0.471 e. The lowest BCUT2D eigenvalue weighted by molar-refractivity contribution is -0.0325. The number of hydrogen-bond donors (Lipinski definition) is 0. The Hall–Kier alpha value is -2.56. The van der Waals surface area contributed by atoms with E-state index in [1.807, 2.05) is 30.3 Å². The fraction of sp³-hybridized carbons (Fsp3) is 0.421. The van der Waals surface area contributed by atoms with Gasteiger partial charge in [0.2, 0.25) is 5.88 Å². The molecule has 1 unspecified atom stereocenters. The summed E-state index contributed by atoms with van der Waals surface area (Å²) in [6, 6.07) is 9.72. The molecule has 1 saturated heterocycles. The van der Waals surface area contributed by atoms with Gasteiger partial charge in [0, 0.05) is 6.61 Å². The van der Waals surface area contributed by atoms with Gasteiger partial charge in [0.05, 0.1) is 6.26 Å². The first-order valence-corrected chi connectivity index (χ1v) is 11.2. The van der Waals surface area contributed by atoms with Crippen LogP contribution in [0.5, 0.6) is 5.88 Å². The molecule has 154 valence electrons. The zero-order valence-corrected chi connectivity index (χ0v) is 16.8. The molecule has 2 aromatic heterocycles. The maximum atomic E-state index is 11.5. The molecule has 0 aliphatic carbocycles. The Bertz CT molecular complexity index is 1080. The first kappa shape index (κ1) is 19.7. The highest BCUT2D eigenvalue weighted by atomic mass is 32.2. The largest absolute Gasteiger partial charge is 0.471 e. The Morgan fingerprint density at radius 1 is 1.17 bits per heavy atom. The summed E-state index contributed by atoms with van der Waals surface area (Å²) in [5.41, 5.74) is 1.97. The van der Waals surface area contributed by atoms with E-state index in [4.69, 9.17) is 13.7 Å². The van der Waals surface area contributed by atoms with E-state index in [9.17, 15) is 8.42 Å². The third kappa shape index (κ3) is 4.72. The van der Waals surface area contributed by atoms with Crippen molar-refractivity contribution in [2.24, 2.45) is 0 Å². The minimum atomic E-state index is -3.63. The highest BCUT2D eigenvalue weighted by molar-refractivity contribution is 7.85. The Balaban J connectivity index is 1.70. The lowest BCUT2D eigenvalue weighted by Gasteiger charge is -2.25. The second kappa shape index (κ2) is 8.44. The van der Waals surface area contributed by atoms with Crippen LogP contribution in [-0.4, -0.2) is 40.8 Å². The molecule has 0 bridgehead atoms. The molecule has 1 aliphatic heterocycles. The van der Waals surface area contributed by atoms with Crippen LogP contribution in [-0.2, 0) is 32.3 Å². The van der Waals surface area contributed by atoms with E-state index in [1.54, 1.807) is 4.57 Å². The van der Waals surface area contributed by atoms with Crippen LogP contribution in [0.25, 0.3) is 11.2 Å². The molecule has 1 atom stereocenters. The normalized spacial score (nSPS) is 17.5. The van der Waals surface area contributed by atoms with Crippen LogP contribution >= 0.6 is 0 Å². The van der Waals surface area contributed by atoms with Gasteiger partial charge in [0.25, 0.3) is 10.1 Å². The minimum absolute atomic E-state index is 0.215. The maximum absolute atomic E-state index is 11.5. The Morgan fingerprint density at radius 3 is 2.72 bits per heavy atom. The lowest BCUT2D eigenvalue weighted by Crippen LogP contribution is -2.21. The summed E-state index contributed by atoms with van der Waals surface area (Å²) >= 11 is 0. The maximum Gasteiger partial charge on any atom is 0.264 e. The van der Waals surface area contributed by atoms with E-state index in [1.165, 1.54) is 6.33 Å². The van der Waals surface area contributed by atoms with Crippen LogP contribution in [0.2, 0.25) is 0 Å². The van der Waals surface area contributed by atoms with Crippen molar-refractivity contribution in [1.82, 2.24) is 19.5 Å². The van der Waals surface area contributed by atoms with Gasteiger partial charge >= 0.3 is 0 Å². The summed E-state index contributed by atoms with van der Waals surface area (Å²) in [5.74, 6) is 0.733. The van der Waals surface area contributed by atoms with Crippen LogP contribution in [0.15, 0.2) is 36.7 Å². The number of imidazole rings is 1. The molecule has 1 aromatic carbocycles. The smallest absolute Gasteiger partial charge is 0.264 e. The highest BCUT2D eigenvalue weighted by Gasteiger charge is 2.25. The number of benzene rings is 1. The molecule has 0 radical (unpaired) electrons. The van der Waals surface area contributed by atoms with Crippen molar-refractivity contribution in [1.29, 1.82) is 0 Å². The Labute approximate surface area is 168 Å². The molecule has 4 rings (SSSR count). The molecule has 0 amide bonds. The zero-order chi connectivity index (χ0) is 20.3. The van der Waals surface area contributed by atoms with Crippen LogP contribution in [0.3, 0.4) is 0 Å². The van der Waals surface area contributed by atoms with Crippen molar-refractivity contribution in [3.8, 4) is 5.88 Å². The van der Waals surface area contributed by atoms with Gasteiger partial charge in [-0.1, -0.05) is 30.3 Å². The molecule has 0 N–H and O–H groups in total. The van der Waals surface area contributed by atoms with Crippen LogP contribution in [0.4, 0.5) is 0 Å². The predicted molar refractivity (Wildman–Crippen MR) is 105 cm³/mol. The average Bonchev–Trinajstić information content (AvgIpc) is 3.11. The quantitative estimate of drug-likeness (QED) is 0.539. The summed E-state index contributed by atoms with van der Waals surface area (Å²) in [6.45, 7) is 0.737. The predicted octanol–water partition coefficient (Wildman–Crippen LogP) is 2.58. The van der Waals surface area contributed by atoms with Gasteiger partial charge in [0.1, 0.15) is 31.6 Å². The van der Waals surface area contributed by atoms with E-state index >= 15 is 0 Å². The number of aromatic nitrogens is 4. The fourth-order valence-electron chi connectivity index (χ4n) is 3.26. The van der Waals surface area contributed by atoms with Crippen LogP contribution in [0, 0.1) is 0 Å². The molecule has 9 nitrogen and oxygen atoms in total. The van der Waals surface area contributed by atoms with Crippen LogP contribution in [0.1, 0.15) is 36.9 Å². The molecular weight excluding hydrogens is 396 g/mol. The van der Waals surface area contributed by atoms with Crippen molar-refractivity contribution in [3.63, 3.8) is 0 Å². The molecule has 29 heavy (non-hydrogen) atoms. The zero-order valence-electron chi connectivity index (χ0n) is 16.0. The summed E-state index contributed by atoms with van der Waals surface area (Å²) in [6.07, 6.45) is 4.89. The van der Waals surface area contributed by atoms with Gasteiger partial charge < -0.3 is 9.47 Å². The topological polar surface area (TPSA) is 105 Å². The number of hydrogen-bond acceptors (Lipinski definition) is 8. The number of ether oxygens (including phenoxy) is 2. The van der Waals surface area contributed by atoms with Gasteiger partial charge in [-0.2, -0.15) is 13.4 Å². The van der Waals surface area contributed by atoms with Crippen molar-refractivity contribution < 1.29 is 22.1 Å². The molecular formula is C19H22N4O5S. The number of fused-ring (bicyclic) bond motifs is 1. The lowest BCUT2D eigenvalue weighted by atomic mass is 10.2.